The molecule has 5 nitrogen and oxygen atoms in total. The molecule has 5 heteroatoms. The van der Waals surface area contributed by atoms with Crippen molar-refractivity contribution in [1.82, 2.24) is 9.97 Å². The number of nitrogens with one attached hydrogen (secondary N) is 2. The summed E-state index contributed by atoms with van der Waals surface area (Å²) in [5.41, 5.74) is 6.13. The van der Waals surface area contributed by atoms with Crippen molar-refractivity contribution in [3.63, 3.8) is 0 Å². The minimum absolute atomic E-state index is 0.258. The number of carbonyl (C=O) groups is 1. The van der Waals surface area contributed by atoms with Crippen LogP contribution in [-0.4, -0.2) is 15.9 Å². The first kappa shape index (κ1) is 17.6. The Balaban J connectivity index is 1.82. The van der Waals surface area contributed by atoms with Crippen molar-refractivity contribution < 1.29 is 4.79 Å². The van der Waals surface area contributed by atoms with Crippen molar-refractivity contribution in [3.05, 3.63) is 76.6 Å². The molecule has 0 aliphatic heterocycles. The van der Waals surface area contributed by atoms with Gasteiger partial charge < -0.3 is 10.6 Å². The fourth-order valence-electron chi connectivity index (χ4n) is 2.61. The molecule has 0 saturated heterocycles. The third-order valence-electron chi connectivity index (χ3n) is 4.13. The van der Waals surface area contributed by atoms with Crippen molar-refractivity contribution in [2.75, 3.05) is 10.6 Å². The van der Waals surface area contributed by atoms with Crippen LogP contribution in [0.4, 0.5) is 17.3 Å². The van der Waals surface area contributed by atoms with Crippen LogP contribution < -0.4 is 10.6 Å². The van der Waals surface area contributed by atoms with E-state index in [1.807, 2.05) is 70.2 Å². The van der Waals surface area contributed by atoms with Gasteiger partial charge in [-0.05, 0) is 74.7 Å². The van der Waals surface area contributed by atoms with E-state index in [1.54, 1.807) is 6.07 Å². The number of aromatic nitrogens is 2. The third kappa shape index (κ3) is 4.25. The average molecular weight is 346 g/mol. The number of aryl methyl sites for hydroxylation is 4. The van der Waals surface area contributed by atoms with E-state index in [4.69, 9.17) is 0 Å². The van der Waals surface area contributed by atoms with E-state index >= 15 is 0 Å². The molecule has 26 heavy (non-hydrogen) atoms. The third-order valence-corrected chi connectivity index (χ3v) is 4.13. The number of hydrogen-bond donors (Lipinski definition) is 2. The highest BCUT2D eigenvalue weighted by atomic mass is 16.1. The molecule has 0 aliphatic carbocycles. The average Bonchev–Trinajstić information content (AvgIpc) is 2.57. The van der Waals surface area contributed by atoms with E-state index in [9.17, 15) is 4.79 Å². The predicted octanol–water partition coefficient (Wildman–Crippen LogP) is 4.71. The summed E-state index contributed by atoms with van der Waals surface area (Å²) in [6.45, 7) is 7.92. The molecule has 0 atom stereocenters. The molecule has 2 N–H and O–H groups in total. The lowest BCUT2D eigenvalue weighted by molar-refractivity contribution is 0.102. The zero-order valence-corrected chi connectivity index (χ0v) is 15.4. The molecule has 0 bridgehead atoms. The summed E-state index contributed by atoms with van der Waals surface area (Å²) >= 11 is 0. The number of carbonyl (C=O) groups excluding carboxylic acids is 1. The van der Waals surface area contributed by atoms with Crippen LogP contribution in [0.5, 0.6) is 0 Å². The van der Waals surface area contributed by atoms with Crippen LogP contribution in [0.25, 0.3) is 0 Å². The summed E-state index contributed by atoms with van der Waals surface area (Å²) in [6.07, 6.45) is 0. The number of hydrogen-bond acceptors (Lipinski definition) is 4. The van der Waals surface area contributed by atoms with Gasteiger partial charge >= 0.3 is 0 Å². The SMILES string of the molecule is Cc1cccc(Nc2nc(C)cc(C(=O)Nc3ccc(C)c(C)c3)n2)c1. The van der Waals surface area contributed by atoms with Crippen LogP contribution in [0, 0.1) is 27.7 Å². The van der Waals surface area contributed by atoms with Gasteiger partial charge in [-0.25, -0.2) is 9.97 Å². The molecule has 0 fully saturated rings. The molecule has 0 unspecified atom stereocenters. The van der Waals surface area contributed by atoms with Gasteiger partial charge in [0.1, 0.15) is 5.69 Å². The maximum absolute atomic E-state index is 12.6. The minimum atomic E-state index is -0.258. The molecule has 0 aliphatic rings. The largest absolute Gasteiger partial charge is 0.324 e. The van der Waals surface area contributed by atoms with E-state index in [2.05, 4.69) is 20.6 Å². The Morgan fingerprint density at radius 2 is 1.65 bits per heavy atom. The van der Waals surface area contributed by atoms with Crippen LogP contribution in [0.2, 0.25) is 0 Å². The Morgan fingerprint density at radius 3 is 2.38 bits per heavy atom. The van der Waals surface area contributed by atoms with Gasteiger partial charge in [0.2, 0.25) is 5.95 Å². The van der Waals surface area contributed by atoms with Gasteiger partial charge in [0, 0.05) is 17.1 Å². The van der Waals surface area contributed by atoms with Gasteiger partial charge in [0.15, 0.2) is 0 Å². The highest BCUT2D eigenvalue weighted by Crippen LogP contribution is 2.17. The molecule has 1 aromatic heterocycles. The molecular weight excluding hydrogens is 324 g/mol. The topological polar surface area (TPSA) is 66.9 Å². The monoisotopic (exact) mass is 346 g/mol. The molecule has 132 valence electrons. The molecule has 3 rings (SSSR count). The fraction of sp³-hybridized carbons (Fsp3) is 0.190. The van der Waals surface area contributed by atoms with Crippen molar-refractivity contribution in [1.29, 1.82) is 0 Å². The zero-order chi connectivity index (χ0) is 18.7. The Labute approximate surface area is 153 Å². The molecule has 0 spiro atoms. The number of amides is 1. The van der Waals surface area contributed by atoms with E-state index in [-0.39, 0.29) is 5.91 Å². The number of rotatable bonds is 4. The second-order valence-electron chi connectivity index (χ2n) is 6.47. The van der Waals surface area contributed by atoms with Crippen LogP contribution in [0.3, 0.4) is 0 Å². The van der Waals surface area contributed by atoms with Crippen LogP contribution in [0.1, 0.15) is 32.9 Å². The summed E-state index contributed by atoms with van der Waals surface area (Å²) in [5, 5.41) is 6.06. The second kappa shape index (κ2) is 7.35. The van der Waals surface area contributed by atoms with E-state index in [1.165, 1.54) is 5.56 Å². The predicted molar refractivity (Wildman–Crippen MR) is 105 cm³/mol. The molecule has 1 heterocycles. The number of nitrogens with zero attached hydrogens (tertiary/aromatic N) is 2. The first-order valence-electron chi connectivity index (χ1n) is 8.49. The lowest BCUT2D eigenvalue weighted by atomic mass is 10.1. The van der Waals surface area contributed by atoms with Crippen molar-refractivity contribution >= 4 is 23.2 Å². The Bertz CT molecular complexity index is 966. The van der Waals surface area contributed by atoms with E-state index in [0.717, 1.165) is 28.2 Å². The van der Waals surface area contributed by atoms with Gasteiger partial charge in [-0.15, -0.1) is 0 Å². The molecule has 2 aromatic carbocycles. The number of anilines is 3. The van der Waals surface area contributed by atoms with Gasteiger partial charge in [0.25, 0.3) is 5.91 Å². The molecule has 0 radical (unpaired) electrons. The minimum Gasteiger partial charge on any atom is -0.324 e. The normalized spacial score (nSPS) is 10.5. The maximum atomic E-state index is 12.6. The van der Waals surface area contributed by atoms with Crippen molar-refractivity contribution in [2.24, 2.45) is 0 Å². The van der Waals surface area contributed by atoms with Gasteiger partial charge in [-0.2, -0.15) is 0 Å². The summed E-state index contributed by atoms with van der Waals surface area (Å²) < 4.78 is 0. The van der Waals surface area contributed by atoms with E-state index in [0.29, 0.717) is 11.6 Å². The summed E-state index contributed by atoms with van der Waals surface area (Å²) in [7, 11) is 0. The quantitative estimate of drug-likeness (QED) is 0.718. The Morgan fingerprint density at radius 1 is 0.846 bits per heavy atom. The first-order chi connectivity index (χ1) is 12.4. The summed E-state index contributed by atoms with van der Waals surface area (Å²) in [4.78, 5) is 21.3. The lowest BCUT2D eigenvalue weighted by Crippen LogP contribution is -2.15. The van der Waals surface area contributed by atoms with Gasteiger partial charge in [-0.3, -0.25) is 4.79 Å². The van der Waals surface area contributed by atoms with Gasteiger partial charge in [-0.1, -0.05) is 18.2 Å². The number of benzene rings is 2. The zero-order valence-electron chi connectivity index (χ0n) is 15.4. The molecule has 1 amide bonds. The molecule has 3 aromatic rings. The van der Waals surface area contributed by atoms with Crippen LogP contribution >= 0.6 is 0 Å². The summed E-state index contributed by atoms with van der Waals surface area (Å²) in [5.74, 6) is 0.145. The maximum Gasteiger partial charge on any atom is 0.274 e. The Kier molecular flexibility index (Phi) is 4.98. The van der Waals surface area contributed by atoms with Crippen LogP contribution in [-0.2, 0) is 0 Å². The first-order valence-corrected chi connectivity index (χ1v) is 8.49. The van der Waals surface area contributed by atoms with Crippen LogP contribution in [0.15, 0.2) is 48.5 Å². The van der Waals surface area contributed by atoms with Crippen molar-refractivity contribution in [3.8, 4) is 0 Å². The second-order valence-corrected chi connectivity index (χ2v) is 6.47. The lowest BCUT2D eigenvalue weighted by Gasteiger charge is -2.10. The summed E-state index contributed by atoms with van der Waals surface area (Å²) in [6, 6.07) is 15.4. The Hall–Kier alpha value is -3.21. The molecular formula is C21H22N4O. The van der Waals surface area contributed by atoms with Crippen molar-refractivity contribution in [2.45, 2.75) is 27.7 Å². The molecule has 0 saturated carbocycles. The highest BCUT2D eigenvalue weighted by molar-refractivity contribution is 6.03. The van der Waals surface area contributed by atoms with Gasteiger partial charge in [0.05, 0.1) is 0 Å². The smallest absolute Gasteiger partial charge is 0.274 e. The fourth-order valence-corrected chi connectivity index (χ4v) is 2.61. The highest BCUT2D eigenvalue weighted by Gasteiger charge is 2.12. The standard InChI is InChI=1S/C21H22N4O/c1-13-6-5-7-17(10-13)24-21-22-16(4)12-19(25-21)20(26)23-18-9-8-14(2)15(3)11-18/h5-12H,1-4H3,(H,23,26)(H,22,24,25). The van der Waals surface area contributed by atoms with E-state index < -0.39 is 0 Å².